The number of hydrogen-bond donors (Lipinski definition) is 1. The van der Waals surface area contributed by atoms with Crippen LogP contribution in [0, 0.1) is 10.1 Å². The highest BCUT2D eigenvalue weighted by molar-refractivity contribution is 5.97. The molecule has 0 radical (unpaired) electrons. The first-order valence-corrected chi connectivity index (χ1v) is 7.24. The van der Waals surface area contributed by atoms with Gasteiger partial charge in [0.15, 0.2) is 6.04 Å². The van der Waals surface area contributed by atoms with Crippen LogP contribution in [0.5, 0.6) is 0 Å². The summed E-state index contributed by atoms with van der Waals surface area (Å²) in [6.07, 6.45) is 2.53. The highest BCUT2D eigenvalue weighted by Crippen LogP contribution is 2.25. The van der Waals surface area contributed by atoms with Crippen LogP contribution < -0.4 is 0 Å². The summed E-state index contributed by atoms with van der Waals surface area (Å²) in [6, 6.07) is 2.74. The van der Waals surface area contributed by atoms with Gasteiger partial charge in [-0.25, -0.2) is 14.5 Å². The Balaban J connectivity index is 1.97. The molecule has 1 unspecified atom stereocenters. The van der Waals surface area contributed by atoms with E-state index in [0.717, 1.165) is 11.0 Å². The largest absolute Gasteiger partial charge is 0.480 e. The van der Waals surface area contributed by atoms with E-state index in [1.54, 1.807) is 0 Å². The number of rotatable bonds is 4. The third kappa shape index (κ3) is 3.17. The lowest BCUT2D eigenvalue weighted by atomic mass is 10.1. The van der Waals surface area contributed by atoms with Crippen molar-refractivity contribution in [1.29, 1.82) is 0 Å². The van der Waals surface area contributed by atoms with Gasteiger partial charge in [-0.3, -0.25) is 14.9 Å². The Bertz CT molecular complexity index is 821. The molecule has 0 aliphatic carbocycles. The van der Waals surface area contributed by atoms with Crippen molar-refractivity contribution in [3.63, 3.8) is 0 Å². The molecule has 11 heteroatoms. The number of aromatic nitrogens is 3. The first-order valence-electron chi connectivity index (χ1n) is 7.24. The van der Waals surface area contributed by atoms with E-state index >= 15 is 0 Å². The summed E-state index contributed by atoms with van der Waals surface area (Å²) in [7, 11) is 0. The zero-order chi connectivity index (χ0) is 18.0. The number of nitro benzene ring substituents is 1. The number of benzene rings is 1. The Morgan fingerprint density at radius 2 is 2.20 bits per heavy atom. The van der Waals surface area contributed by atoms with Gasteiger partial charge in [0.2, 0.25) is 0 Å². The summed E-state index contributed by atoms with van der Waals surface area (Å²) < 4.78 is 6.30. The van der Waals surface area contributed by atoms with Gasteiger partial charge in [-0.1, -0.05) is 0 Å². The van der Waals surface area contributed by atoms with Gasteiger partial charge >= 0.3 is 5.97 Å². The van der Waals surface area contributed by atoms with Crippen LogP contribution in [0.3, 0.4) is 0 Å². The normalized spacial score (nSPS) is 17.3. The van der Waals surface area contributed by atoms with Gasteiger partial charge in [-0.15, -0.1) is 0 Å². The van der Waals surface area contributed by atoms with Crippen LogP contribution in [0.1, 0.15) is 10.4 Å². The lowest BCUT2D eigenvalue weighted by molar-refractivity contribution is -0.384. The fourth-order valence-electron chi connectivity index (χ4n) is 2.55. The van der Waals surface area contributed by atoms with Gasteiger partial charge in [-0.2, -0.15) is 5.10 Å². The second kappa shape index (κ2) is 6.65. The second-order valence-corrected chi connectivity index (χ2v) is 5.23. The summed E-state index contributed by atoms with van der Waals surface area (Å²) in [4.78, 5) is 39.5. The molecule has 0 bridgehead atoms. The van der Waals surface area contributed by atoms with Crippen LogP contribution in [0.2, 0.25) is 0 Å². The number of aliphatic carboxylic acids is 1. The average Bonchev–Trinajstić information content (AvgIpc) is 3.15. The third-order valence-corrected chi connectivity index (χ3v) is 3.76. The van der Waals surface area contributed by atoms with Crippen molar-refractivity contribution in [2.75, 3.05) is 19.8 Å². The van der Waals surface area contributed by atoms with E-state index in [2.05, 4.69) is 10.1 Å². The minimum absolute atomic E-state index is 0.0173. The van der Waals surface area contributed by atoms with Crippen molar-refractivity contribution in [2.45, 2.75) is 6.04 Å². The molecule has 1 saturated heterocycles. The summed E-state index contributed by atoms with van der Waals surface area (Å²) >= 11 is 0. The summed E-state index contributed by atoms with van der Waals surface area (Å²) in [5, 5.41) is 24.4. The minimum atomic E-state index is -1.19. The number of carboxylic acid groups (broad SMARTS) is 1. The average molecular weight is 347 g/mol. The molecule has 11 nitrogen and oxygen atoms in total. The van der Waals surface area contributed by atoms with Crippen LogP contribution >= 0.6 is 0 Å². The van der Waals surface area contributed by atoms with Gasteiger partial charge in [-0.05, 0) is 12.1 Å². The SMILES string of the molecule is O=C(O)C1COCCN1C(=O)c1ccc(-n2cncn2)c([N+](=O)[O-])c1. The fraction of sp³-hybridized carbons (Fsp3) is 0.286. The number of carbonyl (C=O) groups is 2. The molecule has 2 heterocycles. The van der Waals surface area contributed by atoms with E-state index in [0.29, 0.717) is 0 Å². The number of ether oxygens (including phenoxy) is 1. The monoisotopic (exact) mass is 347 g/mol. The van der Waals surface area contributed by atoms with Gasteiger partial charge in [0.25, 0.3) is 11.6 Å². The standard InChI is InChI=1S/C14H13N5O6/c20-13(17-3-4-25-6-12(17)14(21)22)9-1-2-10(11(5-9)19(23)24)18-8-15-7-16-18/h1-2,5,7-8,12H,3-4,6H2,(H,21,22). The Labute approximate surface area is 140 Å². The lowest BCUT2D eigenvalue weighted by Gasteiger charge is -2.32. The fourth-order valence-corrected chi connectivity index (χ4v) is 2.55. The van der Waals surface area contributed by atoms with Crippen LogP contribution in [-0.2, 0) is 9.53 Å². The molecule has 2 aromatic rings. The molecule has 1 amide bonds. The van der Waals surface area contributed by atoms with E-state index < -0.39 is 22.8 Å². The maximum absolute atomic E-state index is 12.6. The predicted molar refractivity (Wildman–Crippen MR) is 81.3 cm³/mol. The molecule has 0 spiro atoms. The molecule has 130 valence electrons. The molecular weight excluding hydrogens is 334 g/mol. The molecule has 1 atom stereocenters. The Morgan fingerprint density at radius 1 is 1.40 bits per heavy atom. The Kier molecular flexibility index (Phi) is 4.39. The van der Waals surface area contributed by atoms with Crippen LogP contribution in [0.15, 0.2) is 30.9 Å². The topological polar surface area (TPSA) is 141 Å². The molecule has 1 fully saturated rings. The minimum Gasteiger partial charge on any atom is -0.480 e. The molecule has 1 aliphatic rings. The number of morpholine rings is 1. The smallest absolute Gasteiger partial charge is 0.328 e. The molecule has 1 N–H and O–H groups in total. The number of carbonyl (C=O) groups excluding carboxylic acids is 1. The molecule has 1 aromatic carbocycles. The number of nitrogens with zero attached hydrogens (tertiary/aromatic N) is 5. The van der Waals surface area contributed by atoms with Crippen molar-refractivity contribution >= 4 is 17.6 Å². The summed E-state index contributed by atoms with van der Waals surface area (Å²) in [5.41, 5.74) is -0.170. The van der Waals surface area contributed by atoms with Gasteiger partial charge in [0.05, 0.1) is 18.1 Å². The van der Waals surface area contributed by atoms with Crippen molar-refractivity contribution < 1.29 is 24.4 Å². The van der Waals surface area contributed by atoms with Crippen LogP contribution in [0.25, 0.3) is 5.69 Å². The van der Waals surface area contributed by atoms with Gasteiger partial charge < -0.3 is 14.7 Å². The Hall–Kier alpha value is -3.34. The molecule has 0 saturated carbocycles. The van der Waals surface area contributed by atoms with Crippen molar-refractivity contribution in [2.24, 2.45) is 0 Å². The zero-order valence-electron chi connectivity index (χ0n) is 12.8. The van der Waals surface area contributed by atoms with Crippen molar-refractivity contribution in [3.05, 3.63) is 46.5 Å². The maximum Gasteiger partial charge on any atom is 0.328 e. The van der Waals surface area contributed by atoms with E-state index in [-0.39, 0.29) is 36.7 Å². The van der Waals surface area contributed by atoms with Gasteiger partial charge in [0.1, 0.15) is 18.3 Å². The maximum atomic E-state index is 12.6. The molecule has 3 rings (SSSR count). The van der Waals surface area contributed by atoms with Crippen molar-refractivity contribution in [3.8, 4) is 5.69 Å². The summed E-state index contributed by atoms with van der Waals surface area (Å²) in [5.74, 6) is -1.80. The molecule has 1 aromatic heterocycles. The predicted octanol–water partition coefficient (Wildman–Crippen LogP) is 0.101. The van der Waals surface area contributed by atoms with E-state index in [1.165, 1.54) is 29.5 Å². The number of amides is 1. The Morgan fingerprint density at radius 3 is 2.84 bits per heavy atom. The number of hydrogen-bond acceptors (Lipinski definition) is 7. The molecule has 1 aliphatic heterocycles. The summed E-state index contributed by atoms with van der Waals surface area (Å²) in [6.45, 7) is 0.170. The number of nitro groups is 1. The molecular formula is C14H13N5O6. The van der Waals surface area contributed by atoms with E-state index in [1.807, 2.05) is 0 Å². The molecule has 25 heavy (non-hydrogen) atoms. The highest BCUT2D eigenvalue weighted by atomic mass is 16.6. The highest BCUT2D eigenvalue weighted by Gasteiger charge is 2.34. The first kappa shape index (κ1) is 16.5. The third-order valence-electron chi connectivity index (χ3n) is 3.76. The second-order valence-electron chi connectivity index (χ2n) is 5.23. The van der Waals surface area contributed by atoms with Crippen LogP contribution in [-0.4, -0.2) is 67.4 Å². The van der Waals surface area contributed by atoms with E-state index in [9.17, 15) is 24.8 Å². The van der Waals surface area contributed by atoms with Gasteiger partial charge in [0, 0.05) is 18.2 Å². The van der Waals surface area contributed by atoms with Crippen LogP contribution in [0.4, 0.5) is 5.69 Å². The lowest BCUT2D eigenvalue weighted by Crippen LogP contribution is -2.52. The van der Waals surface area contributed by atoms with Crippen molar-refractivity contribution in [1.82, 2.24) is 19.7 Å². The zero-order valence-corrected chi connectivity index (χ0v) is 12.8. The number of carboxylic acids is 1. The quantitative estimate of drug-likeness (QED) is 0.606. The first-order chi connectivity index (χ1) is 12.0. The van der Waals surface area contributed by atoms with E-state index in [4.69, 9.17) is 4.74 Å².